The Hall–Kier alpha value is -1.32. The first-order chi connectivity index (χ1) is 9.74. The van der Waals surface area contributed by atoms with Gasteiger partial charge in [-0.15, -0.1) is 12.4 Å². The van der Waals surface area contributed by atoms with Crippen molar-refractivity contribution in [2.24, 2.45) is 0 Å². The molecule has 1 aromatic heterocycles. The lowest BCUT2D eigenvalue weighted by molar-refractivity contribution is -0.137. The number of benzene rings is 1. The highest BCUT2D eigenvalue weighted by atomic mass is 35.5. The van der Waals surface area contributed by atoms with E-state index in [9.17, 15) is 21.6 Å². The molecule has 0 radical (unpaired) electrons. The first kappa shape index (κ1) is 18.7. The van der Waals surface area contributed by atoms with Crippen LogP contribution in [-0.2, 0) is 23.0 Å². The zero-order chi connectivity index (χ0) is 15.8. The van der Waals surface area contributed by atoms with Crippen molar-refractivity contribution in [2.45, 2.75) is 26.1 Å². The molecular weight excluding hydrogens is 361 g/mol. The van der Waals surface area contributed by atoms with Crippen LogP contribution in [0.5, 0.6) is 0 Å². The molecule has 0 fully saturated rings. The van der Waals surface area contributed by atoms with E-state index in [2.05, 4.69) is 0 Å². The average Bonchev–Trinajstić information content (AvgIpc) is 2.69. The molecule has 2 rings (SSSR count). The van der Waals surface area contributed by atoms with Gasteiger partial charge in [-0.3, -0.25) is 5.41 Å². The molecule has 1 N–H and O–H groups in total. The van der Waals surface area contributed by atoms with Gasteiger partial charge in [-0.2, -0.15) is 21.6 Å². The molecular formula is C12H12ClF3N2O2S2. The average molecular weight is 373 g/mol. The van der Waals surface area contributed by atoms with Crippen LogP contribution in [0.2, 0.25) is 0 Å². The molecule has 122 valence electrons. The van der Waals surface area contributed by atoms with Gasteiger partial charge >= 0.3 is 6.18 Å². The second-order valence-corrected chi connectivity index (χ2v) is 6.38. The van der Waals surface area contributed by atoms with Crippen LogP contribution in [0.1, 0.15) is 18.9 Å². The van der Waals surface area contributed by atoms with Crippen LogP contribution in [0.4, 0.5) is 13.2 Å². The Morgan fingerprint density at radius 2 is 2.00 bits per heavy atom. The molecule has 4 nitrogen and oxygen atoms in total. The number of alkyl halides is 3. The van der Waals surface area contributed by atoms with Crippen LogP contribution in [-0.4, -0.2) is 17.8 Å². The topological polar surface area (TPSA) is 62.9 Å². The quantitative estimate of drug-likeness (QED) is 0.841. The Morgan fingerprint density at radius 1 is 1.36 bits per heavy atom. The van der Waals surface area contributed by atoms with Crippen molar-refractivity contribution in [1.29, 1.82) is 5.41 Å². The number of nitrogens with one attached hydrogen (secondary N) is 1. The van der Waals surface area contributed by atoms with Gasteiger partial charge in [-0.1, -0.05) is 18.3 Å². The van der Waals surface area contributed by atoms with E-state index in [1.54, 1.807) is 6.92 Å². The molecule has 2 aromatic rings. The van der Waals surface area contributed by atoms with Gasteiger partial charge in [0.1, 0.15) is 0 Å². The second-order valence-electron chi connectivity index (χ2n) is 4.30. The standard InChI is InChI=1S/C12H11F3N2O2S2.ClH/c1-2-8(21(18)19)6-17-9-4-3-7(12(13,14)15)5-10(9)20-11(17)16;/h3-5,16H,2,6H2,1H3;1H. The van der Waals surface area contributed by atoms with Crippen LogP contribution in [0, 0.1) is 5.41 Å². The van der Waals surface area contributed by atoms with Crippen molar-refractivity contribution in [3.63, 3.8) is 0 Å². The smallest absolute Gasteiger partial charge is 0.312 e. The lowest BCUT2D eigenvalue weighted by atomic mass is 10.2. The number of thiazole rings is 1. The largest absolute Gasteiger partial charge is 0.416 e. The van der Waals surface area contributed by atoms with E-state index in [0.717, 1.165) is 23.5 Å². The predicted octanol–water partition coefficient (Wildman–Crippen LogP) is 3.08. The van der Waals surface area contributed by atoms with Gasteiger partial charge in [0, 0.05) is 0 Å². The van der Waals surface area contributed by atoms with E-state index >= 15 is 0 Å². The Morgan fingerprint density at radius 3 is 2.50 bits per heavy atom. The third-order valence-electron chi connectivity index (χ3n) is 2.99. The monoisotopic (exact) mass is 372 g/mol. The Balaban J connectivity index is 0.00000242. The number of halogens is 4. The molecule has 1 heterocycles. The number of hydrogen-bond acceptors (Lipinski definition) is 4. The van der Waals surface area contributed by atoms with Crippen LogP contribution in [0.3, 0.4) is 0 Å². The molecule has 0 aliphatic heterocycles. The Kier molecular flexibility index (Phi) is 5.82. The molecule has 0 spiro atoms. The van der Waals surface area contributed by atoms with Crippen molar-refractivity contribution >= 4 is 49.1 Å². The summed E-state index contributed by atoms with van der Waals surface area (Å²) in [5.74, 6) is 0. The van der Waals surface area contributed by atoms with Crippen molar-refractivity contribution in [1.82, 2.24) is 4.57 Å². The Labute approximate surface area is 135 Å². The minimum atomic E-state index is -4.44. The fraction of sp³-hybridized carbons (Fsp3) is 0.333. The van der Waals surface area contributed by atoms with E-state index in [0.29, 0.717) is 16.6 Å². The number of hydrogen-bond donors (Lipinski definition) is 1. The highest BCUT2D eigenvalue weighted by molar-refractivity contribution is 7.72. The van der Waals surface area contributed by atoms with Gasteiger partial charge in [-0.05, 0) is 24.6 Å². The summed E-state index contributed by atoms with van der Waals surface area (Å²) >= 11 is 0.889. The minimum absolute atomic E-state index is 0. The highest BCUT2D eigenvalue weighted by Crippen LogP contribution is 2.32. The lowest BCUT2D eigenvalue weighted by Gasteiger charge is -2.07. The molecule has 22 heavy (non-hydrogen) atoms. The number of fused-ring (bicyclic) bond motifs is 1. The molecule has 0 unspecified atom stereocenters. The van der Waals surface area contributed by atoms with E-state index in [-0.39, 0.29) is 28.6 Å². The number of nitrogens with zero attached hydrogens (tertiary/aromatic N) is 1. The summed E-state index contributed by atoms with van der Waals surface area (Å²) in [7, 11) is -2.37. The normalized spacial score (nSPS) is 11.3. The zero-order valence-electron chi connectivity index (χ0n) is 11.3. The van der Waals surface area contributed by atoms with E-state index < -0.39 is 22.0 Å². The maximum absolute atomic E-state index is 12.7. The second kappa shape index (κ2) is 6.84. The van der Waals surface area contributed by atoms with Crippen LogP contribution >= 0.6 is 23.7 Å². The molecule has 0 bridgehead atoms. The third-order valence-corrected chi connectivity index (χ3v) is 4.84. The van der Waals surface area contributed by atoms with Crippen molar-refractivity contribution in [3.8, 4) is 0 Å². The van der Waals surface area contributed by atoms with E-state index in [4.69, 9.17) is 5.41 Å². The number of rotatable bonds is 3. The molecule has 0 saturated carbocycles. The molecule has 1 aromatic carbocycles. The molecule has 10 heteroatoms. The van der Waals surface area contributed by atoms with Gasteiger partial charge in [0.05, 0.1) is 27.2 Å². The summed E-state index contributed by atoms with van der Waals surface area (Å²) < 4.78 is 61.7. The van der Waals surface area contributed by atoms with Crippen molar-refractivity contribution in [2.75, 3.05) is 0 Å². The maximum atomic E-state index is 12.7. The van der Waals surface area contributed by atoms with Crippen molar-refractivity contribution in [3.05, 3.63) is 28.6 Å². The van der Waals surface area contributed by atoms with E-state index in [1.165, 1.54) is 10.6 Å². The minimum Gasteiger partial charge on any atom is -0.312 e. The summed E-state index contributed by atoms with van der Waals surface area (Å²) in [6.45, 7) is 1.66. The summed E-state index contributed by atoms with van der Waals surface area (Å²) in [5.41, 5.74) is -0.357. The summed E-state index contributed by atoms with van der Waals surface area (Å²) in [4.78, 5) is 0.217. The highest BCUT2D eigenvalue weighted by Gasteiger charge is 2.30. The predicted molar refractivity (Wildman–Crippen MR) is 82.1 cm³/mol. The Bertz CT molecular complexity index is 874. The lowest BCUT2D eigenvalue weighted by Crippen LogP contribution is -2.19. The fourth-order valence-corrected chi connectivity index (χ4v) is 3.30. The van der Waals surface area contributed by atoms with Gasteiger partial charge in [0.15, 0.2) is 4.80 Å². The molecule has 0 saturated heterocycles. The van der Waals surface area contributed by atoms with Gasteiger partial charge < -0.3 is 4.57 Å². The fourth-order valence-electron chi connectivity index (χ4n) is 1.88. The van der Waals surface area contributed by atoms with Gasteiger partial charge in [0.25, 0.3) is 0 Å². The maximum Gasteiger partial charge on any atom is 0.416 e. The molecule has 0 aliphatic carbocycles. The summed E-state index contributed by atoms with van der Waals surface area (Å²) in [6, 6.07) is 3.19. The van der Waals surface area contributed by atoms with Crippen LogP contribution in [0.15, 0.2) is 18.2 Å². The number of aromatic nitrogens is 1. The first-order valence-electron chi connectivity index (χ1n) is 5.93. The first-order valence-corrected chi connectivity index (χ1v) is 7.82. The van der Waals surface area contributed by atoms with E-state index in [1.807, 2.05) is 0 Å². The van der Waals surface area contributed by atoms with Crippen LogP contribution in [0.25, 0.3) is 10.2 Å². The van der Waals surface area contributed by atoms with Crippen LogP contribution < -0.4 is 4.80 Å². The SMILES string of the molecule is CCC(Cn1c(=N)sc2cc(C(F)(F)F)ccc21)=S(=O)=O.Cl. The molecule has 0 atom stereocenters. The molecule has 0 amide bonds. The molecule has 0 aliphatic rings. The van der Waals surface area contributed by atoms with Gasteiger partial charge in [0.2, 0.25) is 10.3 Å². The van der Waals surface area contributed by atoms with Gasteiger partial charge in [-0.25, -0.2) is 0 Å². The van der Waals surface area contributed by atoms with Crippen molar-refractivity contribution < 1.29 is 21.6 Å². The third kappa shape index (κ3) is 3.71. The summed E-state index contributed by atoms with van der Waals surface area (Å²) in [5, 5.41) is 7.82. The zero-order valence-corrected chi connectivity index (χ0v) is 13.7. The summed E-state index contributed by atoms with van der Waals surface area (Å²) in [6.07, 6.45) is -4.15.